The highest BCUT2D eigenvalue weighted by Gasteiger charge is 2.26. The second kappa shape index (κ2) is 6.33. The third-order valence-corrected chi connectivity index (χ3v) is 5.04. The molecule has 2 heterocycles. The molecule has 0 saturated carbocycles. The van der Waals surface area contributed by atoms with E-state index in [9.17, 15) is 4.79 Å². The highest BCUT2D eigenvalue weighted by molar-refractivity contribution is 9.10. The fraction of sp³-hybridized carbons (Fsp3) is 0.0588. The predicted octanol–water partition coefficient (Wildman–Crippen LogP) is 4.07. The monoisotopic (exact) mass is 402 g/mol. The molecule has 2 aliphatic rings. The first-order valence-electron chi connectivity index (χ1n) is 7.13. The van der Waals surface area contributed by atoms with Crippen molar-refractivity contribution in [1.29, 1.82) is 0 Å². The number of rotatable bonds is 2. The molecule has 0 aliphatic carbocycles. The average molecular weight is 403 g/mol. The fourth-order valence-electron chi connectivity index (χ4n) is 2.34. The van der Waals surface area contributed by atoms with Crippen LogP contribution in [0.5, 0.6) is 11.5 Å². The van der Waals surface area contributed by atoms with Crippen LogP contribution in [0.3, 0.4) is 0 Å². The van der Waals surface area contributed by atoms with Gasteiger partial charge in [-0.25, -0.2) is 4.99 Å². The summed E-state index contributed by atoms with van der Waals surface area (Å²) in [6.45, 7) is 0.183. The normalized spacial score (nSPS) is 19.1. The number of thioether (sulfide) groups is 1. The maximum Gasteiger partial charge on any atom is 0.264 e. The molecule has 0 atom stereocenters. The molecule has 0 bridgehead atoms. The smallest absolute Gasteiger partial charge is 0.264 e. The highest BCUT2D eigenvalue weighted by Crippen LogP contribution is 2.42. The van der Waals surface area contributed by atoms with Gasteiger partial charge in [0.25, 0.3) is 5.91 Å². The van der Waals surface area contributed by atoms with Crippen LogP contribution in [-0.4, -0.2) is 17.9 Å². The Morgan fingerprint density at radius 1 is 1.17 bits per heavy atom. The van der Waals surface area contributed by atoms with Crippen LogP contribution in [0, 0.1) is 0 Å². The second-order valence-corrected chi connectivity index (χ2v) is 6.90. The van der Waals surface area contributed by atoms with Gasteiger partial charge in [0, 0.05) is 10.0 Å². The van der Waals surface area contributed by atoms with Crippen molar-refractivity contribution < 1.29 is 14.3 Å². The number of amides is 1. The van der Waals surface area contributed by atoms with Crippen molar-refractivity contribution >= 4 is 50.5 Å². The van der Waals surface area contributed by atoms with E-state index in [1.54, 1.807) is 6.08 Å². The molecular formula is C17H11BrN2O3S. The first kappa shape index (κ1) is 15.3. The van der Waals surface area contributed by atoms with E-state index in [1.165, 1.54) is 11.8 Å². The molecule has 2 aliphatic heterocycles. The molecule has 4 rings (SSSR count). The number of hydrogen-bond acceptors (Lipinski definition) is 5. The number of ether oxygens (including phenoxy) is 2. The summed E-state index contributed by atoms with van der Waals surface area (Å²) in [6.07, 6.45) is 1.78. The summed E-state index contributed by atoms with van der Waals surface area (Å²) in [4.78, 5) is 17.2. The number of carbonyl (C=O) groups excluding carboxylic acids is 1. The topological polar surface area (TPSA) is 59.9 Å². The molecule has 2 aromatic rings. The Balaban J connectivity index is 1.66. The average Bonchev–Trinajstić information content (AvgIpc) is 3.18. The number of para-hydroxylation sites is 1. The van der Waals surface area contributed by atoms with Gasteiger partial charge in [-0.15, -0.1) is 0 Å². The van der Waals surface area contributed by atoms with Crippen LogP contribution in [0.25, 0.3) is 6.08 Å². The molecule has 0 spiro atoms. The maximum atomic E-state index is 12.2. The van der Waals surface area contributed by atoms with Crippen LogP contribution >= 0.6 is 27.7 Å². The largest absolute Gasteiger partial charge is 0.454 e. The van der Waals surface area contributed by atoms with E-state index in [1.807, 2.05) is 42.5 Å². The van der Waals surface area contributed by atoms with Crippen molar-refractivity contribution in [3.05, 3.63) is 57.4 Å². The van der Waals surface area contributed by atoms with E-state index in [4.69, 9.17) is 9.47 Å². The lowest BCUT2D eigenvalue weighted by molar-refractivity contribution is -0.115. The van der Waals surface area contributed by atoms with Crippen molar-refractivity contribution in [2.24, 2.45) is 4.99 Å². The number of nitrogens with zero attached hydrogens (tertiary/aromatic N) is 1. The third kappa shape index (κ3) is 2.92. The van der Waals surface area contributed by atoms with E-state index in [0.29, 0.717) is 21.6 Å². The minimum atomic E-state index is -0.182. The quantitative estimate of drug-likeness (QED) is 0.769. The van der Waals surface area contributed by atoms with Crippen molar-refractivity contribution in [2.75, 3.05) is 6.79 Å². The van der Waals surface area contributed by atoms with Crippen LogP contribution in [-0.2, 0) is 4.79 Å². The molecule has 7 heteroatoms. The number of benzene rings is 2. The molecule has 120 valence electrons. The molecule has 0 unspecified atom stereocenters. The highest BCUT2D eigenvalue weighted by atomic mass is 79.9. The van der Waals surface area contributed by atoms with Gasteiger partial charge in [0.2, 0.25) is 6.79 Å². The number of amidine groups is 1. The van der Waals surface area contributed by atoms with E-state index >= 15 is 0 Å². The van der Waals surface area contributed by atoms with Crippen LogP contribution in [0.2, 0.25) is 0 Å². The second-order valence-electron chi connectivity index (χ2n) is 5.01. The zero-order valence-corrected chi connectivity index (χ0v) is 14.7. The van der Waals surface area contributed by atoms with Crippen LogP contribution in [0.1, 0.15) is 5.56 Å². The maximum absolute atomic E-state index is 12.2. The molecule has 0 radical (unpaired) electrons. The van der Waals surface area contributed by atoms with Gasteiger partial charge in [-0.2, -0.15) is 0 Å². The van der Waals surface area contributed by atoms with E-state index in [-0.39, 0.29) is 12.7 Å². The third-order valence-electron chi connectivity index (χ3n) is 3.44. The van der Waals surface area contributed by atoms with E-state index < -0.39 is 0 Å². The lowest BCUT2D eigenvalue weighted by Crippen LogP contribution is -2.19. The fourth-order valence-corrected chi connectivity index (χ4v) is 3.59. The predicted molar refractivity (Wildman–Crippen MR) is 97.5 cm³/mol. The van der Waals surface area contributed by atoms with Crippen LogP contribution < -0.4 is 14.8 Å². The molecule has 2 aromatic carbocycles. The number of halogens is 1. The van der Waals surface area contributed by atoms with E-state index in [2.05, 4.69) is 26.2 Å². The molecule has 5 nitrogen and oxygen atoms in total. The zero-order chi connectivity index (χ0) is 16.5. The summed E-state index contributed by atoms with van der Waals surface area (Å²) >= 11 is 4.79. The van der Waals surface area contributed by atoms with E-state index in [0.717, 1.165) is 15.7 Å². The number of fused-ring (bicyclic) bond motifs is 1. The van der Waals surface area contributed by atoms with Gasteiger partial charge in [-0.05, 0) is 42.1 Å². The summed E-state index contributed by atoms with van der Waals surface area (Å²) in [7, 11) is 0. The standard InChI is InChI=1S/C17H11BrN2O3S/c18-12-6-7-13-15(23-9-22-13)11(12)8-14-16(21)20-17(24-14)19-10-4-2-1-3-5-10/h1-8H,9H2,(H,19,20,21)/b14-8+. The Hall–Kier alpha value is -2.25. The summed E-state index contributed by atoms with van der Waals surface area (Å²) in [5.74, 6) is 1.13. The summed E-state index contributed by atoms with van der Waals surface area (Å²) in [5, 5.41) is 3.33. The van der Waals surface area contributed by atoms with Crippen molar-refractivity contribution in [3.8, 4) is 11.5 Å². The summed E-state index contributed by atoms with van der Waals surface area (Å²) in [5.41, 5.74) is 1.57. The van der Waals surface area contributed by atoms with Crippen molar-refractivity contribution in [3.63, 3.8) is 0 Å². The molecule has 1 N–H and O–H groups in total. The van der Waals surface area contributed by atoms with Crippen LogP contribution in [0.15, 0.2) is 56.8 Å². The minimum absolute atomic E-state index is 0.182. The first-order chi connectivity index (χ1) is 11.7. The lowest BCUT2D eigenvalue weighted by Gasteiger charge is -2.04. The Kier molecular flexibility index (Phi) is 4.03. The molecule has 1 fully saturated rings. The summed E-state index contributed by atoms with van der Waals surface area (Å²) in [6, 6.07) is 13.2. The number of aliphatic imine (C=N–C) groups is 1. The molecule has 1 amide bonds. The minimum Gasteiger partial charge on any atom is -0.454 e. The Morgan fingerprint density at radius 3 is 2.83 bits per heavy atom. The number of hydrogen-bond donors (Lipinski definition) is 1. The number of carbonyl (C=O) groups is 1. The zero-order valence-electron chi connectivity index (χ0n) is 12.3. The van der Waals surface area contributed by atoms with Crippen LogP contribution in [0.4, 0.5) is 5.69 Å². The van der Waals surface area contributed by atoms with Gasteiger partial charge in [0.05, 0.1) is 10.6 Å². The molecular weight excluding hydrogens is 392 g/mol. The molecule has 1 saturated heterocycles. The Morgan fingerprint density at radius 2 is 2.00 bits per heavy atom. The van der Waals surface area contributed by atoms with Gasteiger partial charge in [-0.1, -0.05) is 34.1 Å². The molecule has 0 aromatic heterocycles. The first-order valence-corrected chi connectivity index (χ1v) is 8.74. The SMILES string of the molecule is O=C1NC(=Nc2ccccc2)S/C1=C/c1c(Br)ccc2c1OCO2. The Bertz CT molecular complexity index is 881. The lowest BCUT2D eigenvalue weighted by atomic mass is 10.1. The van der Waals surface area contributed by atoms with Gasteiger partial charge < -0.3 is 14.8 Å². The molecule has 24 heavy (non-hydrogen) atoms. The number of nitrogens with one attached hydrogen (secondary N) is 1. The van der Waals surface area contributed by atoms with Gasteiger partial charge in [-0.3, -0.25) is 4.79 Å². The van der Waals surface area contributed by atoms with Crippen molar-refractivity contribution in [2.45, 2.75) is 0 Å². The van der Waals surface area contributed by atoms with Crippen molar-refractivity contribution in [1.82, 2.24) is 5.32 Å². The van der Waals surface area contributed by atoms with Gasteiger partial charge >= 0.3 is 0 Å². The van der Waals surface area contributed by atoms with Gasteiger partial charge in [0.1, 0.15) is 0 Å². The van der Waals surface area contributed by atoms with Gasteiger partial charge in [0.15, 0.2) is 16.7 Å². The summed E-state index contributed by atoms with van der Waals surface area (Å²) < 4.78 is 11.7. The Labute approximate surface area is 150 Å².